The Morgan fingerprint density at radius 1 is 0.455 bits per heavy atom. The molecule has 4 amide bonds. The lowest BCUT2D eigenvalue weighted by atomic mass is 9.86. The summed E-state index contributed by atoms with van der Waals surface area (Å²) in [6.45, 7) is 17.4. The molecule has 4 aromatic carbocycles. The minimum Gasteiger partial charge on any atom is -0.308 e. The Hall–Kier alpha value is -6.31. The summed E-state index contributed by atoms with van der Waals surface area (Å²) in [7, 11) is 0. The summed E-state index contributed by atoms with van der Waals surface area (Å²) in [5.74, 6) is 13.0. The van der Waals surface area contributed by atoms with Gasteiger partial charge in [0.05, 0.1) is 11.4 Å². The Morgan fingerprint density at radius 2 is 0.833 bits per heavy atom. The lowest BCUT2D eigenvalue weighted by Gasteiger charge is -2.20. The van der Waals surface area contributed by atoms with Crippen LogP contribution < -0.4 is 21.3 Å². The van der Waals surface area contributed by atoms with Crippen molar-refractivity contribution in [3.05, 3.63) is 148 Å². The number of hydrogen-bond donors (Lipinski definition) is 4. The zero-order chi connectivity index (χ0) is 47.4. The molecule has 5 rings (SSSR count). The van der Waals surface area contributed by atoms with Gasteiger partial charge in [-0.25, -0.2) is 14.6 Å². The summed E-state index contributed by atoms with van der Waals surface area (Å²) in [6, 6.07) is 33.1. The van der Waals surface area contributed by atoms with Crippen molar-refractivity contribution in [2.24, 2.45) is 0 Å². The molecular formula is C59H73N5O2. The fraction of sp³-hybridized carbons (Fsp3) is 0.407. The number of urea groups is 2. The largest absolute Gasteiger partial charge is 0.323 e. The highest BCUT2D eigenvalue weighted by atomic mass is 16.2. The number of carbonyl (C=O) groups is 2. The van der Waals surface area contributed by atoms with E-state index in [-0.39, 0.29) is 22.9 Å². The lowest BCUT2D eigenvalue weighted by molar-refractivity contribution is 0.261. The van der Waals surface area contributed by atoms with Gasteiger partial charge < -0.3 is 21.3 Å². The Kier molecular flexibility index (Phi) is 19.5. The number of unbranched alkanes of at least 4 members (excludes halogenated alkanes) is 10. The van der Waals surface area contributed by atoms with E-state index >= 15 is 0 Å². The van der Waals surface area contributed by atoms with Gasteiger partial charge in [0.1, 0.15) is 11.4 Å². The second-order valence-electron chi connectivity index (χ2n) is 19.5. The highest BCUT2D eigenvalue weighted by Gasteiger charge is 2.18. The van der Waals surface area contributed by atoms with E-state index in [1.807, 2.05) is 78.9 Å². The quantitative estimate of drug-likeness (QED) is 0.0521. The van der Waals surface area contributed by atoms with Crippen molar-refractivity contribution in [2.75, 3.05) is 21.3 Å². The van der Waals surface area contributed by atoms with Crippen LogP contribution in [-0.4, -0.2) is 17.0 Å². The monoisotopic (exact) mass is 884 g/mol. The molecule has 5 aromatic rings. The van der Waals surface area contributed by atoms with E-state index in [1.165, 1.54) is 88.2 Å². The predicted molar refractivity (Wildman–Crippen MR) is 279 cm³/mol. The maximum atomic E-state index is 13.3. The zero-order valence-electron chi connectivity index (χ0n) is 41.0. The van der Waals surface area contributed by atoms with Crippen LogP contribution in [0.5, 0.6) is 0 Å². The summed E-state index contributed by atoms with van der Waals surface area (Å²) >= 11 is 0. The average Bonchev–Trinajstić information content (AvgIpc) is 3.28. The average molecular weight is 884 g/mol. The van der Waals surface area contributed by atoms with Gasteiger partial charge in [0.2, 0.25) is 0 Å². The molecule has 0 spiro atoms. The standard InChI is InChI=1S/C59H73N5O2/c1-9-11-13-15-17-19-22-44-26-34-52(35-27-44)61-56(65)63-54-40-32-48(58(3,4)5)42-46(54)30-38-50-24-21-25-51(60-50)39-31-47-43-49(59(6,7)8)33-41-55(47)64-57(66)62-53-36-28-45(29-37-53)23-20-18-16-14-12-10-2/h21,24-29,32-37,40-43H,9-20,22-23H2,1-8H3,(H2,61,63,65)(H2,62,64,66). The fourth-order valence-electron chi connectivity index (χ4n) is 7.58. The molecule has 7 nitrogen and oxygen atoms in total. The third kappa shape index (κ3) is 17.2. The first-order chi connectivity index (χ1) is 31.7. The van der Waals surface area contributed by atoms with E-state index in [4.69, 9.17) is 4.98 Å². The minimum absolute atomic E-state index is 0.126. The zero-order valence-corrected chi connectivity index (χ0v) is 41.0. The smallest absolute Gasteiger partial charge is 0.308 e. The van der Waals surface area contributed by atoms with Crippen LogP contribution in [0.1, 0.15) is 177 Å². The first kappa shape index (κ1) is 50.7. The molecule has 0 aliphatic heterocycles. The van der Waals surface area contributed by atoms with Crippen molar-refractivity contribution in [1.82, 2.24) is 4.98 Å². The molecule has 66 heavy (non-hydrogen) atoms. The van der Waals surface area contributed by atoms with Gasteiger partial charge in [-0.05, 0) is 131 Å². The number of anilines is 4. The van der Waals surface area contributed by atoms with Crippen molar-refractivity contribution < 1.29 is 9.59 Å². The van der Waals surface area contributed by atoms with E-state index < -0.39 is 0 Å². The number of hydrogen-bond acceptors (Lipinski definition) is 3. The highest BCUT2D eigenvalue weighted by Crippen LogP contribution is 2.29. The number of aromatic nitrogens is 1. The van der Waals surface area contributed by atoms with Gasteiger partial charge in [0.25, 0.3) is 0 Å². The molecule has 0 aliphatic carbocycles. The number of aryl methyl sites for hydroxylation is 2. The summed E-state index contributed by atoms with van der Waals surface area (Å²) in [6.07, 6.45) is 17.3. The molecule has 7 heteroatoms. The molecular weight excluding hydrogens is 811 g/mol. The van der Waals surface area contributed by atoms with Crippen LogP contribution in [0.4, 0.5) is 32.3 Å². The molecule has 0 saturated heterocycles. The van der Waals surface area contributed by atoms with E-state index in [0.29, 0.717) is 33.9 Å². The first-order valence-electron chi connectivity index (χ1n) is 24.3. The number of amides is 4. The van der Waals surface area contributed by atoms with Crippen LogP contribution >= 0.6 is 0 Å². The maximum Gasteiger partial charge on any atom is 0.323 e. The number of nitrogens with zero attached hydrogens (tertiary/aromatic N) is 1. The molecule has 4 N–H and O–H groups in total. The molecule has 0 radical (unpaired) electrons. The van der Waals surface area contributed by atoms with Crippen molar-refractivity contribution >= 4 is 34.8 Å². The van der Waals surface area contributed by atoms with Crippen LogP contribution in [0, 0.1) is 23.7 Å². The van der Waals surface area contributed by atoms with Crippen molar-refractivity contribution in [3.63, 3.8) is 0 Å². The number of carbonyl (C=O) groups excluding carboxylic acids is 2. The summed E-state index contributed by atoms with van der Waals surface area (Å²) < 4.78 is 0. The van der Waals surface area contributed by atoms with Gasteiger partial charge in [0.15, 0.2) is 0 Å². The van der Waals surface area contributed by atoms with Crippen LogP contribution in [0.25, 0.3) is 0 Å². The van der Waals surface area contributed by atoms with E-state index in [9.17, 15) is 9.59 Å². The van der Waals surface area contributed by atoms with E-state index in [0.717, 1.165) is 35.3 Å². The Bertz CT molecular complexity index is 2300. The Labute approximate surface area is 396 Å². The molecule has 0 fully saturated rings. The van der Waals surface area contributed by atoms with Crippen molar-refractivity contribution in [2.45, 2.75) is 156 Å². The molecule has 0 aliphatic rings. The number of rotatable bonds is 18. The fourth-order valence-corrected chi connectivity index (χ4v) is 7.58. The molecule has 0 bridgehead atoms. The molecule has 0 saturated carbocycles. The molecule has 0 unspecified atom stereocenters. The van der Waals surface area contributed by atoms with Gasteiger partial charge in [0, 0.05) is 22.5 Å². The van der Waals surface area contributed by atoms with E-state index in [1.54, 1.807) is 0 Å². The second kappa shape index (κ2) is 25.4. The van der Waals surface area contributed by atoms with Crippen molar-refractivity contribution in [1.29, 1.82) is 0 Å². The first-order valence-corrected chi connectivity index (χ1v) is 24.3. The molecule has 1 heterocycles. The highest BCUT2D eigenvalue weighted by molar-refractivity contribution is 6.01. The van der Waals surface area contributed by atoms with Crippen LogP contribution in [0.15, 0.2) is 103 Å². The Balaban J connectivity index is 1.28. The van der Waals surface area contributed by atoms with Gasteiger partial charge in [-0.2, -0.15) is 0 Å². The van der Waals surface area contributed by atoms with Crippen molar-refractivity contribution in [3.8, 4) is 23.7 Å². The van der Waals surface area contributed by atoms with Crippen LogP contribution in [0.2, 0.25) is 0 Å². The summed E-state index contributed by atoms with van der Waals surface area (Å²) in [5.41, 5.74) is 9.62. The van der Waals surface area contributed by atoms with Gasteiger partial charge in [-0.3, -0.25) is 0 Å². The topological polar surface area (TPSA) is 95.2 Å². The van der Waals surface area contributed by atoms with Gasteiger partial charge in [-0.15, -0.1) is 0 Å². The van der Waals surface area contributed by atoms with Crippen LogP contribution in [0.3, 0.4) is 0 Å². The second-order valence-corrected chi connectivity index (χ2v) is 19.5. The molecule has 346 valence electrons. The van der Waals surface area contributed by atoms with E-state index in [2.05, 4.69) is 125 Å². The third-order valence-corrected chi connectivity index (χ3v) is 11.7. The molecule has 1 aromatic heterocycles. The number of benzene rings is 4. The summed E-state index contributed by atoms with van der Waals surface area (Å²) in [5, 5.41) is 12.0. The normalized spacial score (nSPS) is 11.2. The SMILES string of the molecule is CCCCCCCCc1ccc(NC(=O)Nc2ccc(C(C)(C)C)cc2C#Cc2cccc(C#Cc3cc(C(C)(C)C)ccc3NC(=O)Nc3ccc(CCCCCCCC)cc3)n2)cc1. The maximum absolute atomic E-state index is 13.3. The number of nitrogens with one attached hydrogen (secondary N) is 4. The predicted octanol–water partition coefficient (Wildman–Crippen LogP) is 15.6. The third-order valence-electron chi connectivity index (χ3n) is 11.7. The van der Waals surface area contributed by atoms with Gasteiger partial charge in [-0.1, -0.05) is 174 Å². The number of pyridine rings is 1. The molecule has 0 atom stereocenters. The lowest BCUT2D eigenvalue weighted by Crippen LogP contribution is -2.20. The minimum atomic E-state index is -0.338. The Morgan fingerprint density at radius 3 is 1.21 bits per heavy atom. The van der Waals surface area contributed by atoms with Crippen LogP contribution in [-0.2, 0) is 23.7 Å². The van der Waals surface area contributed by atoms with Gasteiger partial charge >= 0.3 is 12.1 Å². The summed E-state index contributed by atoms with van der Waals surface area (Å²) in [4.78, 5) is 31.4.